The van der Waals surface area contributed by atoms with Gasteiger partial charge in [-0.1, -0.05) is 11.6 Å². The monoisotopic (exact) mass is 471 g/mol. The Hall–Kier alpha value is -3.23. The minimum atomic E-state index is -0.712. The van der Waals surface area contributed by atoms with Crippen LogP contribution in [-0.4, -0.2) is 46.9 Å². The number of carbonyl (C=O) groups excluding carboxylic acids is 1. The summed E-state index contributed by atoms with van der Waals surface area (Å²) in [6, 6.07) is 10.2. The highest BCUT2D eigenvalue weighted by atomic mass is 35.5. The van der Waals surface area contributed by atoms with Crippen LogP contribution in [0.2, 0.25) is 5.02 Å². The molecule has 9 heteroatoms. The standard InChI is InChI=1S/C24H20ClF2N3O3/c1-14-8-21(24(31)29-4-6-32-7-5-29)28-30(14)13-16-10-17(25)9-15-11-22(33-23(15)16)19-3-2-18(26)12-20(19)27/h2-3,8-12H,4-7,13H2,1H3. The van der Waals surface area contributed by atoms with Gasteiger partial charge in [-0.25, -0.2) is 8.78 Å². The lowest BCUT2D eigenvalue weighted by Crippen LogP contribution is -2.40. The number of ether oxygens (including phenoxy) is 1. The van der Waals surface area contributed by atoms with E-state index in [2.05, 4.69) is 5.10 Å². The third-order valence-corrected chi connectivity index (χ3v) is 5.89. The molecule has 0 aliphatic carbocycles. The highest BCUT2D eigenvalue weighted by Gasteiger charge is 2.22. The summed E-state index contributed by atoms with van der Waals surface area (Å²) in [5, 5.41) is 5.67. The van der Waals surface area contributed by atoms with E-state index in [1.165, 1.54) is 12.1 Å². The van der Waals surface area contributed by atoms with Crippen molar-refractivity contribution in [2.75, 3.05) is 26.3 Å². The molecule has 2 aromatic heterocycles. The van der Waals surface area contributed by atoms with Crippen molar-refractivity contribution >= 4 is 28.5 Å². The molecule has 0 atom stereocenters. The molecular weight excluding hydrogens is 452 g/mol. The number of amides is 1. The normalized spacial score (nSPS) is 14.2. The number of morpholine rings is 1. The van der Waals surface area contributed by atoms with Gasteiger partial charge in [-0.15, -0.1) is 0 Å². The summed E-state index contributed by atoms with van der Waals surface area (Å²) < 4.78 is 40.6. The average Bonchev–Trinajstić information content (AvgIpc) is 3.37. The number of fused-ring (bicyclic) bond motifs is 1. The molecule has 0 unspecified atom stereocenters. The number of nitrogens with zero attached hydrogens (tertiary/aromatic N) is 3. The first kappa shape index (κ1) is 21.6. The van der Waals surface area contributed by atoms with Gasteiger partial charge in [0.15, 0.2) is 5.69 Å². The maximum atomic E-state index is 14.3. The second kappa shape index (κ2) is 8.61. The molecule has 1 fully saturated rings. The van der Waals surface area contributed by atoms with Crippen molar-refractivity contribution in [3.05, 3.63) is 76.1 Å². The molecule has 1 saturated heterocycles. The third kappa shape index (κ3) is 4.24. The molecule has 33 heavy (non-hydrogen) atoms. The quantitative estimate of drug-likeness (QED) is 0.417. The van der Waals surface area contributed by atoms with Crippen molar-refractivity contribution in [3.63, 3.8) is 0 Å². The molecule has 0 N–H and O–H groups in total. The molecule has 1 amide bonds. The molecule has 4 aromatic rings. The number of aryl methyl sites for hydroxylation is 1. The summed E-state index contributed by atoms with van der Waals surface area (Å²) in [5.74, 6) is -1.24. The molecule has 2 aromatic carbocycles. The summed E-state index contributed by atoms with van der Waals surface area (Å²) >= 11 is 6.33. The summed E-state index contributed by atoms with van der Waals surface area (Å²) in [7, 11) is 0. The lowest BCUT2D eigenvalue weighted by Gasteiger charge is -2.25. The van der Waals surface area contributed by atoms with Crippen LogP contribution in [0.3, 0.4) is 0 Å². The Balaban J connectivity index is 1.48. The fraction of sp³-hybridized carbons (Fsp3) is 0.250. The second-order valence-corrected chi connectivity index (χ2v) is 8.39. The molecule has 0 radical (unpaired) electrons. The van der Waals surface area contributed by atoms with Crippen molar-refractivity contribution in [2.24, 2.45) is 0 Å². The highest BCUT2D eigenvalue weighted by molar-refractivity contribution is 6.31. The fourth-order valence-electron chi connectivity index (χ4n) is 3.99. The fourth-order valence-corrected chi connectivity index (χ4v) is 4.24. The Morgan fingerprint density at radius 3 is 2.67 bits per heavy atom. The minimum Gasteiger partial charge on any atom is -0.456 e. The zero-order valence-corrected chi connectivity index (χ0v) is 18.5. The van der Waals surface area contributed by atoms with Crippen LogP contribution >= 0.6 is 11.6 Å². The third-order valence-electron chi connectivity index (χ3n) is 5.67. The predicted molar refractivity (Wildman–Crippen MR) is 119 cm³/mol. The molecular formula is C24H20ClF2N3O3. The summed E-state index contributed by atoms with van der Waals surface area (Å²) in [5.41, 5.74) is 2.57. The van der Waals surface area contributed by atoms with Crippen LogP contribution in [0, 0.1) is 18.6 Å². The van der Waals surface area contributed by atoms with Crippen LogP contribution in [0.5, 0.6) is 0 Å². The predicted octanol–water partition coefficient (Wildman–Crippen LogP) is 5.06. The van der Waals surface area contributed by atoms with E-state index in [9.17, 15) is 13.6 Å². The Bertz CT molecular complexity index is 1360. The van der Waals surface area contributed by atoms with Gasteiger partial charge in [0.05, 0.1) is 25.3 Å². The van der Waals surface area contributed by atoms with Gasteiger partial charge in [0.1, 0.15) is 23.0 Å². The van der Waals surface area contributed by atoms with E-state index >= 15 is 0 Å². The average molecular weight is 472 g/mol. The number of halogens is 3. The number of rotatable bonds is 4. The summed E-state index contributed by atoms with van der Waals surface area (Å²) in [6.07, 6.45) is 0. The van der Waals surface area contributed by atoms with E-state index in [1.54, 1.807) is 33.8 Å². The lowest BCUT2D eigenvalue weighted by atomic mass is 10.1. The molecule has 3 heterocycles. The molecule has 1 aliphatic heterocycles. The van der Waals surface area contributed by atoms with E-state index in [0.717, 1.165) is 17.3 Å². The van der Waals surface area contributed by atoms with Crippen LogP contribution < -0.4 is 0 Å². The van der Waals surface area contributed by atoms with Gasteiger partial charge >= 0.3 is 0 Å². The Morgan fingerprint density at radius 1 is 1.12 bits per heavy atom. The van der Waals surface area contributed by atoms with Crippen molar-refractivity contribution in [1.29, 1.82) is 0 Å². The second-order valence-electron chi connectivity index (χ2n) is 7.95. The van der Waals surface area contributed by atoms with Gasteiger partial charge in [-0.2, -0.15) is 5.10 Å². The molecule has 0 bridgehead atoms. The summed E-state index contributed by atoms with van der Waals surface area (Å²) in [6.45, 7) is 4.27. The van der Waals surface area contributed by atoms with Gasteiger partial charge in [0, 0.05) is 40.8 Å². The first-order valence-corrected chi connectivity index (χ1v) is 10.9. The van der Waals surface area contributed by atoms with E-state index < -0.39 is 11.6 Å². The van der Waals surface area contributed by atoms with Crippen molar-refractivity contribution in [1.82, 2.24) is 14.7 Å². The Labute approximate surface area is 193 Å². The highest BCUT2D eigenvalue weighted by Crippen LogP contribution is 2.34. The number of hydrogen-bond donors (Lipinski definition) is 0. The van der Waals surface area contributed by atoms with Gasteiger partial charge in [0.25, 0.3) is 5.91 Å². The molecule has 0 saturated carbocycles. The molecule has 170 valence electrons. The molecule has 5 rings (SSSR count). The lowest BCUT2D eigenvalue weighted by molar-refractivity contribution is 0.0298. The van der Waals surface area contributed by atoms with Crippen LogP contribution in [0.1, 0.15) is 21.7 Å². The number of furan rings is 1. The maximum Gasteiger partial charge on any atom is 0.274 e. The minimum absolute atomic E-state index is 0.136. The topological polar surface area (TPSA) is 60.5 Å². The largest absolute Gasteiger partial charge is 0.456 e. The summed E-state index contributed by atoms with van der Waals surface area (Å²) in [4.78, 5) is 14.5. The van der Waals surface area contributed by atoms with E-state index in [-0.39, 0.29) is 17.2 Å². The van der Waals surface area contributed by atoms with Crippen molar-refractivity contribution < 1.29 is 22.7 Å². The first-order valence-electron chi connectivity index (χ1n) is 10.5. The van der Waals surface area contributed by atoms with Crippen LogP contribution in [-0.2, 0) is 11.3 Å². The Morgan fingerprint density at radius 2 is 1.91 bits per heavy atom. The van der Waals surface area contributed by atoms with E-state index in [1.807, 2.05) is 6.92 Å². The first-order chi connectivity index (χ1) is 15.9. The van der Waals surface area contributed by atoms with Crippen molar-refractivity contribution in [2.45, 2.75) is 13.5 Å². The molecule has 6 nitrogen and oxygen atoms in total. The molecule has 0 spiro atoms. The van der Waals surface area contributed by atoms with Gasteiger partial charge in [-0.05, 0) is 43.3 Å². The van der Waals surface area contributed by atoms with Crippen LogP contribution in [0.4, 0.5) is 8.78 Å². The number of benzene rings is 2. The SMILES string of the molecule is Cc1cc(C(=O)N2CCOCC2)nn1Cc1cc(Cl)cc2cc(-c3ccc(F)cc3F)oc12. The van der Waals surface area contributed by atoms with E-state index in [4.69, 9.17) is 20.8 Å². The zero-order valence-electron chi connectivity index (χ0n) is 17.8. The van der Waals surface area contributed by atoms with Gasteiger partial charge in [0.2, 0.25) is 0 Å². The molecule has 1 aliphatic rings. The smallest absolute Gasteiger partial charge is 0.274 e. The van der Waals surface area contributed by atoms with Crippen LogP contribution in [0.15, 0.2) is 46.9 Å². The Kier molecular flexibility index (Phi) is 5.64. The maximum absolute atomic E-state index is 14.3. The van der Waals surface area contributed by atoms with Gasteiger partial charge < -0.3 is 14.1 Å². The number of aromatic nitrogens is 2. The number of hydrogen-bond acceptors (Lipinski definition) is 4. The van der Waals surface area contributed by atoms with Crippen molar-refractivity contribution in [3.8, 4) is 11.3 Å². The van der Waals surface area contributed by atoms with Gasteiger partial charge in [-0.3, -0.25) is 9.48 Å². The van der Waals surface area contributed by atoms with E-state index in [0.29, 0.717) is 54.5 Å². The zero-order chi connectivity index (χ0) is 23.1. The van der Waals surface area contributed by atoms with Crippen LogP contribution in [0.25, 0.3) is 22.3 Å². The number of carbonyl (C=O) groups is 1.